The lowest BCUT2D eigenvalue weighted by atomic mass is 10.2. The van der Waals surface area contributed by atoms with Crippen molar-refractivity contribution >= 4 is 17.5 Å². The molecule has 0 bridgehead atoms. The van der Waals surface area contributed by atoms with E-state index in [1.54, 1.807) is 6.92 Å². The van der Waals surface area contributed by atoms with Gasteiger partial charge in [-0.05, 0) is 25.1 Å². The molecule has 1 amide bonds. The van der Waals surface area contributed by atoms with E-state index in [9.17, 15) is 9.18 Å². The van der Waals surface area contributed by atoms with E-state index >= 15 is 0 Å². The molecule has 0 unspecified atom stereocenters. The number of carbonyl (C=O) groups excluding carboxylic acids is 1. The van der Waals surface area contributed by atoms with Gasteiger partial charge in [0, 0.05) is 11.6 Å². The second-order valence-corrected chi connectivity index (χ2v) is 2.92. The maximum Gasteiger partial charge on any atom is 0.254 e. The molecule has 0 atom stereocenters. The number of hydrogen-bond acceptors (Lipinski definition) is 1. The second kappa shape index (κ2) is 4.23. The fourth-order valence-corrected chi connectivity index (χ4v) is 1.09. The Bertz CT molecular complexity index is 327. The molecule has 0 aliphatic carbocycles. The molecule has 0 heterocycles. The Morgan fingerprint density at radius 2 is 2.31 bits per heavy atom. The highest BCUT2D eigenvalue weighted by Crippen LogP contribution is 2.14. The van der Waals surface area contributed by atoms with Crippen molar-refractivity contribution in [2.45, 2.75) is 6.92 Å². The van der Waals surface area contributed by atoms with Gasteiger partial charge < -0.3 is 5.32 Å². The molecule has 1 aromatic carbocycles. The topological polar surface area (TPSA) is 29.1 Å². The highest BCUT2D eigenvalue weighted by atomic mass is 35.5. The predicted octanol–water partition coefficient (Wildman–Crippen LogP) is 2.23. The smallest absolute Gasteiger partial charge is 0.254 e. The van der Waals surface area contributed by atoms with E-state index in [0.29, 0.717) is 6.54 Å². The van der Waals surface area contributed by atoms with Gasteiger partial charge in [0.25, 0.3) is 5.91 Å². The van der Waals surface area contributed by atoms with Crippen molar-refractivity contribution < 1.29 is 9.18 Å². The van der Waals surface area contributed by atoms with Gasteiger partial charge in [-0.2, -0.15) is 0 Å². The van der Waals surface area contributed by atoms with E-state index in [-0.39, 0.29) is 10.6 Å². The molecule has 0 aliphatic heterocycles. The Balaban J connectivity index is 2.95. The highest BCUT2D eigenvalue weighted by molar-refractivity contribution is 6.30. The summed E-state index contributed by atoms with van der Waals surface area (Å²) < 4.78 is 13.1. The first kappa shape index (κ1) is 9.99. The molecule has 70 valence electrons. The van der Waals surface area contributed by atoms with Gasteiger partial charge in [0.1, 0.15) is 5.82 Å². The van der Waals surface area contributed by atoms with Crippen molar-refractivity contribution in [3.05, 3.63) is 34.6 Å². The fraction of sp³-hybridized carbons (Fsp3) is 0.222. The highest BCUT2D eigenvalue weighted by Gasteiger charge is 2.09. The van der Waals surface area contributed by atoms with Crippen molar-refractivity contribution in [2.24, 2.45) is 0 Å². The van der Waals surface area contributed by atoms with E-state index in [2.05, 4.69) is 5.32 Å². The average Bonchev–Trinajstić information content (AvgIpc) is 2.04. The SMILES string of the molecule is CCNC(=O)c1ccc(Cl)cc1F. The van der Waals surface area contributed by atoms with Gasteiger partial charge in [-0.3, -0.25) is 4.79 Å². The average molecular weight is 202 g/mol. The molecule has 0 saturated heterocycles. The lowest BCUT2D eigenvalue weighted by molar-refractivity contribution is 0.0952. The summed E-state index contributed by atoms with van der Waals surface area (Å²) in [5.41, 5.74) is 0.0197. The molecule has 0 spiro atoms. The summed E-state index contributed by atoms with van der Waals surface area (Å²) >= 11 is 5.53. The van der Waals surface area contributed by atoms with Crippen LogP contribution >= 0.6 is 11.6 Å². The van der Waals surface area contributed by atoms with Crippen LogP contribution in [0.1, 0.15) is 17.3 Å². The lowest BCUT2D eigenvalue weighted by Crippen LogP contribution is -2.23. The molecule has 1 N–H and O–H groups in total. The van der Waals surface area contributed by atoms with E-state index in [1.807, 2.05) is 0 Å². The molecule has 0 aromatic heterocycles. The summed E-state index contributed by atoms with van der Waals surface area (Å²) in [6, 6.07) is 3.96. The van der Waals surface area contributed by atoms with Crippen LogP contribution in [-0.4, -0.2) is 12.5 Å². The van der Waals surface area contributed by atoms with Crippen molar-refractivity contribution in [1.82, 2.24) is 5.32 Å². The quantitative estimate of drug-likeness (QED) is 0.781. The third-order valence-electron chi connectivity index (χ3n) is 1.51. The molecule has 0 fully saturated rings. The van der Waals surface area contributed by atoms with Crippen LogP contribution in [0, 0.1) is 5.82 Å². The number of hydrogen-bond donors (Lipinski definition) is 1. The van der Waals surface area contributed by atoms with Gasteiger partial charge in [-0.25, -0.2) is 4.39 Å². The Morgan fingerprint density at radius 3 is 2.85 bits per heavy atom. The van der Waals surface area contributed by atoms with Gasteiger partial charge in [-0.1, -0.05) is 11.6 Å². The molecule has 1 aromatic rings. The third kappa shape index (κ3) is 2.42. The number of benzene rings is 1. The normalized spacial score (nSPS) is 9.77. The summed E-state index contributed by atoms with van der Waals surface area (Å²) in [6.45, 7) is 2.24. The first-order valence-electron chi connectivity index (χ1n) is 3.88. The largest absolute Gasteiger partial charge is 0.352 e. The van der Waals surface area contributed by atoms with Gasteiger partial charge in [-0.15, -0.1) is 0 Å². The Morgan fingerprint density at radius 1 is 1.62 bits per heavy atom. The van der Waals surface area contributed by atoms with Gasteiger partial charge >= 0.3 is 0 Å². The Labute approximate surface area is 80.7 Å². The number of rotatable bonds is 2. The zero-order valence-corrected chi connectivity index (χ0v) is 7.86. The second-order valence-electron chi connectivity index (χ2n) is 2.48. The molecule has 0 saturated carbocycles. The van der Waals surface area contributed by atoms with Gasteiger partial charge in [0.15, 0.2) is 0 Å². The summed E-state index contributed by atoms with van der Waals surface area (Å²) in [5.74, 6) is -1.02. The Kier molecular flexibility index (Phi) is 3.25. The third-order valence-corrected chi connectivity index (χ3v) is 1.75. The molecule has 0 aliphatic rings. The predicted molar refractivity (Wildman–Crippen MR) is 49.4 cm³/mol. The Hall–Kier alpha value is -1.09. The van der Waals surface area contributed by atoms with Crippen LogP contribution in [0.2, 0.25) is 5.02 Å². The van der Waals surface area contributed by atoms with Crippen LogP contribution < -0.4 is 5.32 Å². The summed E-state index contributed by atoms with van der Waals surface area (Å²) in [7, 11) is 0. The first-order chi connectivity index (χ1) is 6.15. The van der Waals surface area contributed by atoms with Crippen molar-refractivity contribution in [3.8, 4) is 0 Å². The summed E-state index contributed by atoms with van der Waals surface area (Å²) in [4.78, 5) is 11.2. The molecular weight excluding hydrogens is 193 g/mol. The number of halogens is 2. The van der Waals surface area contributed by atoms with Crippen LogP contribution in [-0.2, 0) is 0 Å². The summed E-state index contributed by atoms with van der Waals surface area (Å²) in [6.07, 6.45) is 0. The van der Waals surface area contributed by atoms with Crippen molar-refractivity contribution in [3.63, 3.8) is 0 Å². The van der Waals surface area contributed by atoms with Gasteiger partial charge in [0.05, 0.1) is 5.56 Å². The molecule has 0 radical (unpaired) electrons. The van der Waals surface area contributed by atoms with Crippen LogP contribution in [0.15, 0.2) is 18.2 Å². The van der Waals surface area contributed by atoms with Gasteiger partial charge in [0.2, 0.25) is 0 Å². The van der Waals surface area contributed by atoms with E-state index in [4.69, 9.17) is 11.6 Å². The maximum atomic E-state index is 13.1. The molecule has 13 heavy (non-hydrogen) atoms. The minimum Gasteiger partial charge on any atom is -0.352 e. The van der Waals surface area contributed by atoms with Crippen LogP contribution in [0.3, 0.4) is 0 Å². The van der Waals surface area contributed by atoms with Crippen molar-refractivity contribution in [1.29, 1.82) is 0 Å². The van der Waals surface area contributed by atoms with Crippen molar-refractivity contribution in [2.75, 3.05) is 6.54 Å². The first-order valence-corrected chi connectivity index (χ1v) is 4.26. The molecule has 2 nitrogen and oxygen atoms in total. The molecular formula is C9H9ClFNO. The minimum absolute atomic E-state index is 0.0197. The number of amides is 1. The van der Waals surface area contributed by atoms with E-state index < -0.39 is 11.7 Å². The summed E-state index contributed by atoms with van der Waals surface area (Å²) in [5, 5.41) is 2.78. The minimum atomic E-state index is -0.599. The van der Waals surface area contributed by atoms with Crippen LogP contribution in [0.25, 0.3) is 0 Å². The molecule has 1 rings (SSSR count). The maximum absolute atomic E-state index is 13.1. The zero-order valence-electron chi connectivity index (χ0n) is 7.10. The van der Waals surface area contributed by atoms with Crippen LogP contribution in [0.4, 0.5) is 4.39 Å². The molecule has 4 heteroatoms. The lowest BCUT2D eigenvalue weighted by Gasteiger charge is -2.02. The number of carbonyl (C=O) groups is 1. The van der Waals surface area contributed by atoms with Crippen LogP contribution in [0.5, 0.6) is 0 Å². The fourth-order valence-electron chi connectivity index (χ4n) is 0.929. The zero-order chi connectivity index (χ0) is 9.84. The number of nitrogens with one attached hydrogen (secondary N) is 1. The standard InChI is InChI=1S/C9H9ClFNO/c1-2-12-9(13)7-4-3-6(10)5-8(7)11/h3-5H,2H2,1H3,(H,12,13). The van der Waals surface area contributed by atoms with E-state index in [1.165, 1.54) is 12.1 Å². The van der Waals surface area contributed by atoms with E-state index in [0.717, 1.165) is 6.07 Å². The monoisotopic (exact) mass is 201 g/mol.